The van der Waals surface area contributed by atoms with Gasteiger partial charge in [0.2, 0.25) is 0 Å². The van der Waals surface area contributed by atoms with Crippen molar-refractivity contribution in [2.24, 2.45) is 5.92 Å². The maximum atomic E-state index is 4.21. The smallest absolute Gasteiger partial charge is 0.0965 e. The van der Waals surface area contributed by atoms with Gasteiger partial charge in [-0.15, -0.1) is 5.10 Å². The standard InChI is InChI=1S/C15H31N5/c1-7-13(2)11-19(6)8-9-20-12-14(17-18-20)10-16-15(3,4)5/h12-13,16H,7-11H2,1-6H3. The zero-order valence-electron chi connectivity index (χ0n) is 14.0. The second-order valence-corrected chi connectivity index (χ2v) is 6.85. The Morgan fingerprint density at radius 2 is 2.10 bits per heavy atom. The molecule has 0 aliphatic heterocycles. The van der Waals surface area contributed by atoms with E-state index in [4.69, 9.17) is 0 Å². The molecule has 0 spiro atoms. The number of nitrogens with zero attached hydrogens (tertiary/aromatic N) is 4. The van der Waals surface area contributed by atoms with Crippen LogP contribution >= 0.6 is 0 Å². The molecule has 0 radical (unpaired) electrons. The Morgan fingerprint density at radius 1 is 1.40 bits per heavy atom. The van der Waals surface area contributed by atoms with E-state index >= 15 is 0 Å². The van der Waals surface area contributed by atoms with Crippen molar-refractivity contribution in [2.75, 3.05) is 20.1 Å². The van der Waals surface area contributed by atoms with Gasteiger partial charge in [0.1, 0.15) is 0 Å². The third kappa shape index (κ3) is 7.01. The highest BCUT2D eigenvalue weighted by molar-refractivity contribution is 4.93. The van der Waals surface area contributed by atoms with Crippen molar-refractivity contribution in [3.05, 3.63) is 11.9 Å². The first-order valence-corrected chi connectivity index (χ1v) is 7.62. The highest BCUT2D eigenvalue weighted by Crippen LogP contribution is 2.04. The number of rotatable bonds is 8. The third-order valence-corrected chi connectivity index (χ3v) is 3.42. The van der Waals surface area contributed by atoms with Crippen LogP contribution < -0.4 is 5.32 Å². The second-order valence-electron chi connectivity index (χ2n) is 6.85. The van der Waals surface area contributed by atoms with E-state index in [2.05, 4.69) is 62.2 Å². The molecule has 0 aliphatic carbocycles. The molecule has 5 heteroatoms. The lowest BCUT2D eigenvalue weighted by molar-refractivity contribution is 0.267. The van der Waals surface area contributed by atoms with Crippen molar-refractivity contribution in [1.82, 2.24) is 25.2 Å². The maximum Gasteiger partial charge on any atom is 0.0965 e. The lowest BCUT2D eigenvalue weighted by Crippen LogP contribution is -2.35. The molecule has 0 fully saturated rings. The van der Waals surface area contributed by atoms with Gasteiger partial charge in [-0.1, -0.05) is 25.5 Å². The summed E-state index contributed by atoms with van der Waals surface area (Å²) in [5, 5.41) is 11.8. The summed E-state index contributed by atoms with van der Waals surface area (Å²) < 4.78 is 1.94. The minimum absolute atomic E-state index is 0.111. The third-order valence-electron chi connectivity index (χ3n) is 3.42. The number of hydrogen-bond acceptors (Lipinski definition) is 4. The van der Waals surface area contributed by atoms with E-state index in [9.17, 15) is 0 Å². The fourth-order valence-corrected chi connectivity index (χ4v) is 1.91. The number of aromatic nitrogens is 3. The Balaban J connectivity index is 2.33. The molecule has 1 heterocycles. The highest BCUT2D eigenvalue weighted by atomic mass is 15.4. The predicted molar refractivity (Wildman–Crippen MR) is 83.6 cm³/mol. The first-order chi connectivity index (χ1) is 9.30. The fourth-order valence-electron chi connectivity index (χ4n) is 1.91. The summed E-state index contributed by atoms with van der Waals surface area (Å²) in [5.41, 5.74) is 1.12. The molecule has 1 rings (SSSR count). The summed E-state index contributed by atoms with van der Waals surface area (Å²) in [7, 11) is 2.17. The molecule has 0 saturated heterocycles. The predicted octanol–water partition coefficient (Wildman–Crippen LogP) is 2.14. The minimum atomic E-state index is 0.111. The van der Waals surface area contributed by atoms with E-state index in [1.807, 2.05) is 10.9 Å². The average molecular weight is 281 g/mol. The molecule has 1 aromatic rings. The molecule has 0 bridgehead atoms. The van der Waals surface area contributed by atoms with Gasteiger partial charge in [0, 0.05) is 31.4 Å². The molecular weight excluding hydrogens is 250 g/mol. The van der Waals surface area contributed by atoms with Crippen LogP contribution in [0.15, 0.2) is 6.20 Å². The van der Waals surface area contributed by atoms with Crippen LogP contribution in [-0.2, 0) is 13.1 Å². The molecule has 1 aromatic heterocycles. The molecule has 0 aliphatic rings. The molecule has 1 unspecified atom stereocenters. The SMILES string of the molecule is CCC(C)CN(C)CCn1cc(CNC(C)(C)C)nn1. The quantitative estimate of drug-likeness (QED) is 0.793. The van der Waals surface area contributed by atoms with Gasteiger partial charge < -0.3 is 10.2 Å². The number of likely N-dealkylation sites (N-methyl/N-ethyl adjacent to an activating group) is 1. The average Bonchev–Trinajstić information content (AvgIpc) is 2.81. The van der Waals surface area contributed by atoms with Gasteiger partial charge in [-0.05, 0) is 33.7 Å². The van der Waals surface area contributed by atoms with E-state index < -0.39 is 0 Å². The van der Waals surface area contributed by atoms with Crippen LogP contribution in [0.3, 0.4) is 0 Å². The van der Waals surface area contributed by atoms with Crippen LogP contribution in [-0.4, -0.2) is 45.6 Å². The highest BCUT2D eigenvalue weighted by Gasteiger charge is 2.10. The molecule has 0 amide bonds. The summed E-state index contributed by atoms with van der Waals surface area (Å²) in [4.78, 5) is 2.36. The van der Waals surface area contributed by atoms with Gasteiger partial charge in [-0.25, -0.2) is 0 Å². The maximum absolute atomic E-state index is 4.21. The van der Waals surface area contributed by atoms with Gasteiger partial charge >= 0.3 is 0 Å². The zero-order valence-corrected chi connectivity index (χ0v) is 14.0. The van der Waals surface area contributed by atoms with Crippen molar-refractivity contribution in [3.8, 4) is 0 Å². The van der Waals surface area contributed by atoms with Crippen molar-refractivity contribution < 1.29 is 0 Å². The summed E-state index contributed by atoms with van der Waals surface area (Å²) >= 11 is 0. The van der Waals surface area contributed by atoms with Crippen LogP contribution in [0.1, 0.15) is 46.7 Å². The molecule has 0 aromatic carbocycles. The zero-order chi connectivity index (χ0) is 15.2. The first kappa shape index (κ1) is 17.1. The minimum Gasteiger partial charge on any atom is -0.306 e. The van der Waals surface area contributed by atoms with Crippen LogP contribution in [0.2, 0.25) is 0 Å². The Bertz CT molecular complexity index is 380. The van der Waals surface area contributed by atoms with Crippen molar-refractivity contribution in [1.29, 1.82) is 0 Å². The van der Waals surface area contributed by atoms with Gasteiger partial charge in [0.15, 0.2) is 0 Å². The van der Waals surface area contributed by atoms with E-state index in [0.29, 0.717) is 0 Å². The van der Waals surface area contributed by atoms with Gasteiger partial charge in [0.25, 0.3) is 0 Å². The monoisotopic (exact) mass is 281 g/mol. The lowest BCUT2D eigenvalue weighted by atomic mass is 10.1. The Kier molecular flexibility index (Phi) is 6.62. The van der Waals surface area contributed by atoms with E-state index in [1.54, 1.807) is 0 Å². The summed E-state index contributed by atoms with van der Waals surface area (Å²) in [6.45, 7) is 14.8. The summed E-state index contributed by atoms with van der Waals surface area (Å²) in [5.74, 6) is 0.752. The van der Waals surface area contributed by atoms with Crippen LogP contribution in [0.25, 0.3) is 0 Å². The van der Waals surface area contributed by atoms with Gasteiger partial charge in [-0.3, -0.25) is 4.68 Å². The van der Waals surface area contributed by atoms with Crippen molar-refractivity contribution >= 4 is 0 Å². The molecule has 0 saturated carbocycles. The lowest BCUT2D eigenvalue weighted by Gasteiger charge is -2.20. The Hall–Kier alpha value is -0.940. The topological polar surface area (TPSA) is 46.0 Å². The van der Waals surface area contributed by atoms with E-state index in [1.165, 1.54) is 6.42 Å². The molecule has 5 nitrogen and oxygen atoms in total. The molecule has 1 N–H and O–H groups in total. The molecule has 20 heavy (non-hydrogen) atoms. The van der Waals surface area contributed by atoms with Crippen molar-refractivity contribution in [3.63, 3.8) is 0 Å². The van der Waals surface area contributed by atoms with Crippen LogP contribution in [0.4, 0.5) is 0 Å². The normalized spacial score (nSPS) is 13.9. The number of hydrogen-bond donors (Lipinski definition) is 1. The summed E-state index contributed by atoms with van der Waals surface area (Å²) in [6.07, 6.45) is 3.27. The van der Waals surface area contributed by atoms with Crippen molar-refractivity contribution in [2.45, 2.75) is 59.7 Å². The Labute approximate surface area is 123 Å². The largest absolute Gasteiger partial charge is 0.306 e. The second kappa shape index (κ2) is 7.74. The Morgan fingerprint density at radius 3 is 2.70 bits per heavy atom. The summed E-state index contributed by atoms with van der Waals surface area (Å²) in [6, 6.07) is 0. The van der Waals surface area contributed by atoms with Gasteiger partial charge in [0.05, 0.1) is 12.2 Å². The van der Waals surface area contributed by atoms with Crippen LogP contribution in [0, 0.1) is 5.92 Å². The fraction of sp³-hybridized carbons (Fsp3) is 0.867. The molecule has 116 valence electrons. The van der Waals surface area contributed by atoms with E-state index in [0.717, 1.165) is 37.8 Å². The molecule has 1 atom stereocenters. The van der Waals surface area contributed by atoms with E-state index in [-0.39, 0.29) is 5.54 Å². The first-order valence-electron chi connectivity index (χ1n) is 7.62. The van der Waals surface area contributed by atoms with Crippen LogP contribution in [0.5, 0.6) is 0 Å². The number of nitrogens with one attached hydrogen (secondary N) is 1. The molecular formula is C15H31N5. The van der Waals surface area contributed by atoms with Gasteiger partial charge in [-0.2, -0.15) is 0 Å².